The lowest BCUT2D eigenvalue weighted by molar-refractivity contribution is 0.481. The molecule has 2 heteroatoms. The van der Waals surface area contributed by atoms with E-state index < -0.39 is 0 Å². The number of phenols is 1. The Bertz CT molecular complexity index is 615. The summed E-state index contributed by atoms with van der Waals surface area (Å²) in [4.78, 5) is 1.02. The maximum absolute atomic E-state index is 9.37. The second-order valence-corrected chi connectivity index (χ2v) is 4.35. The Morgan fingerprint density at radius 1 is 0.667 bits per heavy atom. The van der Waals surface area contributed by atoms with E-state index in [9.17, 15) is 5.11 Å². The number of rotatable bonds is 0. The second-order valence-electron chi connectivity index (χ2n) is 3.83. The summed E-state index contributed by atoms with van der Waals surface area (Å²) >= 11 is 4.08. The maximum Gasteiger partial charge on any atom is 0.123 e. The van der Waals surface area contributed by atoms with E-state index >= 15 is 0 Å². The van der Waals surface area contributed by atoms with Crippen molar-refractivity contribution in [3.8, 4) is 5.75 Å². The van der Waals surface area contributed by atoms with Crippen LogP contribution in [0.5, 0.6) is 5.75 Å². The van der Waals surface area contributed by atoms with Crippen LogP contribution in [0.15, 0.2) is 77.7 Å². The van der Waals surface area contributed by atoms with Gasteiger partial charge in [-0.3, -0.25) is 0 Å². The molecule has 0 fully saturated rings. The van der Waals surface area contributed by atoms with E-state index in [0.29, 0.717) is 5.75 Å². The highest BCUT2D eigenvalue weighted by Crippen LogP contribution is 2.22. The van der Waals surface area contributed by atoms with Crippen molar-refractivity contribution in [2.45, 2.75) is 4.90 Å². The Morgan fingerprint density at radius 2 is 1.28 bits per heavy atom. The Kier molecular flexibility index (Phi) is 4.26. The highest BCUT2D eigenvalue weighted by Gasteiger charge is 1.94. The third-order valence-electron chi connectivity index (χ3n) is 2.52. The molecule has 90 valence electrons. The van der Waals surface area contributed by atoms with Crippen LogP contribution in [0.1, 0.15) is 0 Å². The molecule has 0 aliphatic rings. The lowest BCUT2D eigenvalue weighted by Crippen LogP contribution is -1.70. The first kappa shape index (κ1) is 12.5. The summed E-state index contributed by atoms with van der Waals surface area (Å²) in [6.45, 7) is 0. The van der Waals surface area contributed by atoms with Gasteiger partial charge in [0.15, 0.2) is 0 Å². The summed E-state index contributed by atoms with van der Waals surface area (Å²) in [5.41, 5.74) is 0. The molecule has 1 nitrogen and oxygen atoms in total. The molecule has 0 unspecified atom stereocenters. The summed E-state index contributed by atoms with van der Waals surface area (Å²) in [6.07, 6.45) is 0. The zero-order valence-corrected chi connectivity index (χ0v) is 10.7. The number of hydrogen-bond donors (Lipinski definition) is 2. The Labute approximate surface area is 112 Å². The largest absolute Gasteiger partial charge is 0.507 e. The van der Waals surface area contributed by atoms with Crippen LogP contribution in [0.25, 0.3) is 10.8 Å². The smallest absolute Gasteiger partial charge is 0.123 e. The molecular weight excluding hydrogens is 240 g/mol. The summed E-state index contributed by atoms with van der Waals surface area (Å²) in [7, 11) is 0. The van der Waals surface area contributed by atoms with Crippen molar-refractivity contribution in [3.05, 3.63) is 72.8 Å². The molecule has 3 rings (SSSR count). The lowest BCUT2D eigenvalue weighted by Gasteiger charge is -1.97. The van der Waals surface area contributed by atoms with E-state index in [-0.39, 0.29) is 0 Å². The molecule has 18 heavy (non-hydrogen) atoms. The molecule has 0 bridgehead atoms. The first-order valence-electron chi connectivity index (χ1n) is 5.68. The van der Waals surface area contributed by atoms with Crippen LogP contribution < -0.4 is 0 Å². The van der Waals surface area contributed by atoms with Crippen molar-refractivity contribution in [3.63, 3.8) is 0 Å². The number of aromatic hydroxyl groups is 1. The number of fused-ring (bicyclic) bond motifs is 1. The van der Waals surface area contributed by atoms with Crippen LogP contribution in [-0.2, 0) is 0 Å². The van der Waals surface area contributed by atoms with Gasteiger partial charge in [-0.15, -0.1) is 12.6 Å². The fourth-order valence-corrected chi connectivity index (χ4v) is 1.81. The molecule has 0 atom stereocenters. The van der Waals surface area contributed by atoms with Crippen molar-refractivity contribution in [1.29, 1.82) is 0 Å². The van der Waals surface area contributed by atoms with E-state index in [1.54, 1.807) is 6.07 Å². The van der Waals surface area contributed by atoms with Gasteiger partial charge in [0.2, 0.25) is 0 Å². The third-order valence-corrected chi connectivity index (χ3v) is 2.82. The molecule has 0 spiro atoms. The summed E-state index contributed by atoms with van der Waals surface area (Å²) < 4.78 is 0. The Morgan fingerprint density at radius 3 is 1.89 bits per heavy atom. The SMILES string of the molecule is Oc1cccc2ccccc12.Sc1ccccc1. The van der Waals surface area contributed by atoms with Crippen LogP contribution in [0.2, 0.25) is 0 Å². The zero-order chi connectivity index (χ0) is 12.8. The molecule has 3 aromatic rings. The molecular formula is C16H14OS. The van der Waals surface area contributed by atoms with Gasteiger partial charge < -0.3 is 5.11 Å². The lowest BCUT2D eigenvalue weighted by atomic mass is 10.1. The van der Waals surface area contributed by atoms with Gasteiger partial charge in [-0.05, 0) is 23.6 Å². The van der Waals surface area contributed by atoms with Gasteiger partial charge in [0.25, 0.3) is 0 Å². The minimum absolute atomic E-state index is 0.350. The first-order valence-corrected chi connectivity index (χ1v) is 6.13. The Balaban J connectivity index is 0.000000149. The van der Waals surface area contributed by atoms with E-state index in [1.807, 2.05) is 66.7 Å². The molecule has 0 heterocycles. The van der Waals surface area contributed by atoms with Gasteiger partial charge >= 0.3 is 0 Å². The van der Waals surface area contributed by atoms with Gasteiger partial charge in [0, 0.05) is 10.3 Å². The highest BCUT2D eigenvalue weighted by molar-refractivity contribution is 7.80. The fraction of sp³-hybridized carbons (Fsp3) is 0. The average Bonchev–Trinajstić information content (AvgIpc) is 2.41. The molecule has 0 aliphatic carbocycles. The molecule has 0 saturated heterocycles. The predicted octanol–water partition coefficient (Wildman–Crippen LogP) is 4.52. The normalized spacial score (nSPS) is 9.61. The van der Waals surface area contributed by atoms with Crippen molar-refractivity contribution in [2.75, 3.05) is 0 Å². The molecule has 1 N–H and O–H groups in total. The van der Waals surface area contributed by atoms with Crippen LogP contribution in [-0.4, -0.2) is 5.11 Å². The van der Waals surface area contributed by atoms with Crippen LogP contribution in [0.3, 0.4) is 0 Å². The summed E-state index contributed by atoms with van der Waals surface area (Å²) in [5.74, 6) is 0.350. The number of thiol groups is 1. The minimum Gasteiger partial charge on any atom is -0.507 e. The predicted molar refractivity (Wildman–Crippen MR) is 79.3 cm³/mol. The van der Waals surface area contributed by atoms with E-state index in [0.717, 1.165) is 15.7 Å². The molecule has 0 amide bonds. The first-order chi connectivity index (χ1) is 8.77. The quantitative estimate of drug-likeness (QED) is 0.565. The van der Waals surface area contributed by atoms with Gasteiger partial charge in [-0.1, -0.05) is 54.6 Å². The second kappa shape index (κ2) is 6.12. The van der Waals surface area contributed by atoms with Gasteiger partial charge in [0.1, 0.15) is 5.75 Å². The van der Waals surface area contributed by atoms with Crippen molar-refractivity contribution < 1.29 is 5.11 Å². The fourth-order valence-electron chi connectivity index (χ4n) is 1.64. The van der Waals surface area contributed by atoms with E-state index in [4.69, 9.17) is 0 Å². The van der Waals surface area contributed by atoms with Gasteiger partial charge in [-0.25, -0.2) is 0 Å². The number of phenolic OH excluding ortho intramolecular Hbond substituents is 1. The highest BCUT2D eigenvalue weighted by atomic mass is 32.1. The number of benzene rings is 3. The maximum atomic E-state index is 9.37. The van der Waals surface area contributed by atoms with E-state index in [2.05, 4.69) is 12.6 Å². The zero-order valence-electron chi connectivity index (χ0n) is 9.82. The topological polar surface area (TPSA) is 20.2 Å². The van der Waals surface area contributed by atoms with Gasteiger partial charge in [-0.2, -0.15) is 0 Å². The van der Waals surface area contributed by atoms with E-state index in [1.165, 1.54) is 0 Å². The summed E-state index contributed by atoms with van der Waals surface area (Å²) in [6, 6.07) is 23.1. The number of hydrogen-bond acceptors (Lipinski definition) is 2. The van der Waals surface area contributed by atoms with Crippen LogP contribution in [0.4, 0.5) is 0 Å². The Hall–Kier alpha value is -1.93. The molecule has 0 radical (unpaired) electrons. The standard InChI is InChI=1S/C10H8O.C6H6S/c11-10-7-3-5-8-4-1-2-6-9(8)10;7-6-4-2-1-3-5-6/h1-7,11H;1-5,7H. The molecule has 3 aromatic carbocycles. The van der Waals surface area contributed by atoms with Crippen molar-refractivity contribution >= 4 is 23.4 Å². The molecule has 0 aliphatic heterocycles. The average molecular weight is 254 g/mol. The minimum atomic E-state index is 0.350. The van der Waals surface area contributed by atoms with Crippen molar-refractivity contribution in [1.82, 2.24) is 0 Å². The molecule has 0 aromatic heterocycles. The van der Waals surface area contributed by atoms with Crippen molar-refractivity contribution in [2.24, 2.45) is 0 Å². The summed E-state index contributed by atoms with van der Waals surface area (Å²) in [5, 5.41) is 11.4. The van der Waals surface area contributed by atoms with Gasteiger partial charge in [0.05, 0.1) is 0 Å². The van der Waals surface area contributed by atoms with Crippen LogP contribution >= 0.6 is 12.6 Å². The van der Waals surface area contributed by atoms with Crippen LogP contribution in [0, 0.1) is 0 Å². The third kappa shape index (κ3) is 3.28. The monoisotopic (exact) mass is 254 g/mol. The molecule has 0 saturated carbocycles.